The number of thiazole rings is 1. The standard InChI is InChI=1S/C18H20N2O3S/c1-4-8-19-17(22)13(3)23-16(21)10-15-11-24-18(20-15)14-7-5-6-12(2)9-14/h4-7,9,11,13H,1,8,10H2,2-3H3,(H,19,22)/t13-/m0/s1. The van der Waals surface area contributed by atoms with Crippen LogP contribution in [0.3, 0.4) is 0 Å². The first-order chi connectivity index (χ1) is 11.5. The summed E-state index contributed by atoms with van der Waals surface area (Å²) in [5, 5.41) is 5.28. The van der Waals surface area contributed by atoms with E-state index in [-0.39, 0.29) is 12.3 Å². The third-order valence-electron chi connectivity index (χ3n) is 3.24. The average Bonchev–Trinajstić information content (AvgIpc) is 3.00. The van der Waals surface area contributed by atoms with Gasteiger partial charge in [0, 0.05) is 17.5 Å². The van der Waals surface area contributed by atoms with Crippen LogP contribution in [0.1, 0.15) is 18.2 Å². The van der Waals surface area contributed by atoms with Gasteiger partial charge in [-0.15, -0.1) is 17.9 Å². The third-order valence-corrected chi connectivity index (χ3v) is 4.18. The third kappa shape index (κ3) is 5.03. The maximum atomic E-state index is 11.9. The number of hydrogen-bond acceptors (Lipinski definition) is 5. The normalized spacial score (nSPS) is 11.6. The Labute approximate surface area is 145 Å². The molecule has 0 radical (unpaired) electrons. The van der Waals surface area contributed by atoms with Crippen molar-refractivity contribution in [3.8, 4) is 10.6 Å². The number of aryl methyl sites for hydroxylation is 1. The van der Waals surface area contributed by atoms with Gasteiger partial charge >= 0.3 is 5.97 Å². The molecule has 1 aromatic carbocycles. The smallest absolute Gasteiger partial charge is 0.312 e. The number of carbonyl (C=O) groups is 2. The molecule has 24 heavy (non-hydrogen) atoms. The monoisotopic (exact) mass is 344 g/mol. The van der Waals surface area contributed by atoms with Crippen molar-refractivity contribution in [3.05, 3.63) is 53.6 Å². The summed E-state index contributed by atoms with van der Waals surface area (Å²) in [4.78, 5) is 28.1. The van der Waals surface area contributed by atoms with Gasteiger partial charge in [-0.2, -0.15) is 0 Å². The van der Waals surface area contributed by atoms with E-state index in [1.807, 2.05) is 36.6 Å². The molecule has 1 aromatic heterocycles. The minimum absolute atomic E-state index is 0.0430. The molecule has 0 spiro atoms. The van der Waals surface area contributed by atoms with Gasteiger partial charge in [-0.3, -0.25) is 9.59 Å². The van der Waals surface area contributed by atoms with Crippen LogP contribution in [0.15, 0.2) is 42.3 Å². The zero-order valence-corrected chi connectivity index (χ0v) is 14.6. The molecule has 0 aliphatic rings. The van der Waals surface area contributed by atoms with Gasteiger partial charge in [0.15, 0.2) is 6.10 Å². The van der Waals surface area contributed by atoms with Crippen molar-refractivity contribution in [1.29, 1.82) is 0 Å². The Kier molecular flexibility index (Phi) is 6.26. The number of esters is 1. The molecule has 0 fully saturated rings. The number of amides is 1. The summed E-state index contributed by atoms with van der Waals surface area (Å²) >= 11 is 1.48. The molecule has 6 heteroatoms. The van der Waals surface area contributed by atoms with E-state index in [1.54, 1.807) is 6.08 Å². The van der Waals surface area contributed by atoms with Crippen LogP contribution in [0.25, 0.3) is 10.6 Å². The summed E-state index contributed by atoms with van der Waals surface area (Å²) in [6, 6.07) is 8.03. The molecule has 1 N–H and O–H groups in total. The highest BCUT2D eigenvalue weighted by Crippen LogP contribution is 2.24. The lowest BCUT2D eigenvalue weighted by Crippen LogP contribution is -2.36. The lowest BCUT2D eigenvalue weighted by molar-refractivity contribution is -0.154. The fourth-order valence-electron chi connectivity index (χ4n) is 2.06. The maximum absolute atomic E-state index is 11.9. The molecule has 0 saturated heterocycles. The van der Waals surface area contributed by atoms with Gasteiger partial charge in [0.25, 0.3) is 5.91 Å². The molecule has 1 amide bonds. The molecule has 5 nitrogen and oxygen atoms in total. The first kappa shape index (κ1) is 17.9. The van der Waals surface area contributed by atoms with E-state index in [9.17, 15) is 9.59 Å². The van der Waals surface area contributed by atoms with Crippen molar-refractivity contribution in [2.75, 3.05) is 6.54 Å². The van der Waals surface area contributed by atoms with Gasteiger partial charge in [-0.05, 0) is 19.9 Å². The molecule has 2 aromatic rings. The van der Waals surface area contributed by atoms with Crippen molar-refractivity contribution in [2.24, 2.45) is 0 Å². The Bertz CT molecular complexity index is 739. The molecule has 126 valence electrons. The van der Waals surface area contributed by atoms with Crippen LogP contribution in [0, 0.1) is 6.92 Å². The Morgan fingerprint density at radius 3 is 2.96 bits per heavy atom. The zero-order valence-electron chi connectivity index (χ0n) is 13.7. The zero-order chi connectivity index (χ0) is 17.5. The number of aromatic nitrogens is 1. The van der Waals surface area contributed by atoms with Gasteiger partial charge in [-0.1, -0.05) is 29.8 Å². The molecule has 2 rings (SSSR count). The number of carbonyl (C=O) groups excluding carboxylic acids is 2. The van der Waals surface area contributed by atoms with Gasteiger partial charge in [0.2, 0.25) is 0 Å². The molecule has 0 aliphatic carbocycles. The van der Waals surface area contributed by atoms with Gasteiger partial charge in [0.1, 0.15) is 5.01 Å². The predicted octanol–water partition coefficient (Wildman–Crippen LogP) is 2.89. The lowest BCUT2D eigenvalue weighted by Gasteiger charge is -2.12. The Morgan fingerprint density at radius 1 is 1.46 bits per heavy atom. The van der Waals surface area contributed by atoms with E-state index < -0.39 is 12.1 Å². The summed E-state index contributed by atoms with van der Waals surface area (Å²) < 4.78 is 5.13. The van der Waals surface area contributed by atoms with Crippen molar-refractivity contribution in [2.45, 2.75) is 26.4 Å². The fourth-order valence-corrected chi connectivity index (χ4v) is 2.87. The van der Waals surface area contributed by atoms with Crippen LogP contribution in [-0.2, 0) is 20.7 Å². The Balaban J connectivity index is 1.93. The summed E-state index contributed by atoms with van der Waals surface area (Å²) in [5.74, 6) is -0.820. The highest BCUT2D eigenvalue weighted by molar-refractivity contribution is 7.13. The SMILES string of the molecule is C=CCNC(=O)[C@H](C)OC(=O)Cc1csc(-c2cccc(C)c2)n1. The van der Waals surface area contributed by atoms with Crippen LogP contribution < -0.4 is 5.32 Å². The van der Waals surface area contributed by atoms with E-state index >= 15 is 0 Å². The number of benzene rings is 1. The van der Waals surface area contributed by atoms with Crippen molar-refractivity contribution in [1.82, 2.24) is 10.3 Å². The largest absolute Gasteiger partial charge is 0.452 e. The number of rotatable bonds is 7. The van der Waals surface area contributed by atoms with E-state index in [0.29, 0.717) is 12.2 Å². The number of ether oxygens (including phenoxy) is 1. The molecule has 1 heterocycles. The molecular weight excluding hydrogens is 324 g/mol. The quantitative estimate of drug-likeness (QED) is 0.619. The predicted molar refractivity (Wildman–Crippen MR) is 94.8 cm³/mol. The molecule has 0 unspecified atom stereocenters. The van der Waals surface area contributed by atoms with Crippen LogP contribution in [0.4, 0.5) is 0 Å². The number of hydrogen-bond donors (Lipinski definition) is 1. The topological polar surface area (TPSA) is 68.3 Å². The van der Waals surface area contributed by atoms with E-state index in [4.69, 9.17) is 4.74 Å². The second-order valence-corrected chi connectivity index (χ2v) is 6.21. The Morgan fingerprint density at radius 2 is 2.25 bits per heavy atom. The molecule has 0 saturated carbocycles. The average molecular weight is 344 g/mol. The highest BCUT2D eigenvalue weighted by atomic mass is 32.1. The van der Waals surface area contributed by atoms with Crippen LogP contribution >= 0.6 is 11.3 Å². The van der Waals surface area contributed by atoms with E-state index in [0.717, 1.165) is 16.1 Å². The summed E-state index contributed by atoms with van der Waals surface area (Å²) in [6.07, 6.45) is 0.767. The van der Waals surface area contributed by atoms with Crippen molar-refractivity contribution >= 4 is 23.2 Å². The minimum atomic E-state index is -0.840. The van der Waals surface area contributed by atoms with Crippen molar-refractivity contribution < 1.29 is 14.3 Å². The van der Waals surface area contributed by atoms with Crippen LogP contribution in [0.5, 0.6) is 0 Å². The van der Waals surface area contributed by atoms with Gasteiger partial charge in [-0.25, -0.2) is 4.98 Å². The van der Waals surface area contributed by atoms with Crippen molar-refractivity contribution in [3.63, 3.8) is 0 Å². The van der Waals surface area contributed by atoms with Gasteiger partial charge < -0.3 is 10.1 Å². The fraction of sp³-hybridized carbons (Fsp3) is 0.278. The summed E-state index contributed by atoms with van der Waals surface area (Å²) in [5.41, 5.74) is 2.82. The lowest BCUT2D eigenvalue weighted by atomic mass is 10.1. The highest BCUT2D eigenvalue weighted by Gasteiger charge is 2.18. The minimum Gasteiger partial charge on any atom is -0.452 e. The van der Waals surface area contributed by atoms with E-state index in [2.05, 4.69) is 16.9 Å². The molecule has 0 bridgehead atoms. The van der Waals surface area contributed by atoms with Crippen LogP contribution in [-0.4, -0.2) is 29.5 Å². The van der Waals surface area contributed by atoms with Crippen LogP contribution in [0.2, 0.25) is 0 Å². The maximum Gasteiger partial charge on any atom is 0.312 e. The molecule has 0 aliphatic heterocycles. The van der Waals surface area contributed by atoms with Gasteiger partial charge in [0.05, 0.1) is 12.1 Å². The molecular formula is C18H20N2O3S. The number of nitrogens with zero attached hydrogens (tertiary/aromatic N) is 1. The second kappa shape index (κ2) is 8.40. The Hall–Kier alpha value is -2.47. The van der Waals surface area contributed by atoms with E-state index in [1.165, 1.54) is 18.3 Å². The first-order valence-electron chi connectivity index (χ1n) is 7.59. The summed E-state index contributed by atoms with van der Waals surface area (Å²) in [7, 11) is 0. The first-order valence-corrected chi connectivity index (χ1v) is 8.47. The summed E-state index contributed by atoms with van der Waals surface area (Å²) in [6.45, 7) is 7.41. The number of nitrogens with one attached hydrogen (secondary N) is 1. The second-order valence-electron chi connectivity index (χ2n) is 5.36. The molecule has 1 atom stereocenters.